The Kier molecular flexibility index (Phi) is 4.08. The van der Waals surface area contributed by atoms with Crippen LogP contribution in [0.3, 0.4) is 0 Å². The molecule has 0 saturated heterocycles. The summed E-state index contributed by atoms with van der Waals surface area (Å²) in [5, 5.41) is 0. The van der Waals surface area contributed by atoms with Gasteiger partial charge in [-0.15, -0.1) is 0 Å². The van der Waals surface area contributed by atoms with Crippen molar-refractivity contribution in [2.75, 3.05) is 19.3 Å². The molecule has 0 unspecified atom stereocenters. The molecule has 15 heavy (non-hydrogen) atoms. The van der Waals surface area contributed by atoms with Crippen LogP contribution in [-0.4, -0.2) is 29.8 Å². The van der Waals surface area contributed by atoms with Gasteiger partial charge in [-0.3, -0.25) is 0 Å². The van der Waals surface area contributed by atoms with Crippen LogP contribution in [0.1, 0.15) is 12.6 Å². The van der Waals surface area contributed by atoms with Crippen molar-refractivity contribution in [1.82, 2.24) is 9.88 Å². The molecule has 0 aliphatic carbocycles. The van der Waals surface area contributed by atoms with Crippen molar-refractivity contribution in [3.63, 3.8) is 0 Å². The number of aryl methyl sites for hydroxylation is 1. The Bertz CT molecular complexity index is 376. The van der Waals surface area contributed by atoms with Crippen molar-refractivity contribution in [3.8, 4) is 0 Å². The van der Waals surface area contributed by atoms with Gasteiger partial charge in [0.15, 0.2) is 0 Å². The average Bonchev–Trinajstić information content (AvgIpc) is 2.21. The summed E-state index contributed by atoms with van der Waals surface area (Å²) in [5.41, 5.74) is 7.31. The van der Waals surface area contributed by atoms with Gasteiger partial charge in [0.2, 0.25) is 0 Å². The third-order valence-corrected chi connectivity index (χ3v) is 2.69. The van der Waals surface area contributed by atoms with Gasteiger partial charge in [-0.25, -0.2) is 9.98 Å². The van der Waals surface area contributed by atoms with Gasteiger partial charge in [-0.2, -0.15) is 0 Å². The van der Waals surface area contributed by atoms with Crippen LogP contribution in [-0.2, 0) is 0 Å². The molecule has 0 saturated carbocycles. The molecule has 5 heteroatoms. The smallest absolute Gasteiger partial charge is 0.138 e. The first-order valence-corrected chi connectivity index (χ1v) is 5.51. The molecular formula is C10H15BrN4. The fourth-order valence-electron chi connectivity index (χ4n) is 0.963. The molecule has 0 amide bonds. The number of pyridine rings is 1. The molecule has 0 fully saturated rings. The minimum atomic E-state index is 0.496. The molecule has 0 aliphatic rings. The molecule has 4 nitrogen and oxygen atoms in total. The largest absolute Gasteiger partial charge is 0.383 e. The number of aliphatic imine (C=N–C) groups is 1. The fourth-order valence-corrected chi connectivity index (χ4v) is 1.27. The minimum Gasteiger partial charge on any atom is -0.383 e. The van der Waals surface area contributed by atoms with Gasteiger partial charge in [0.05, 0.1) is 22.2 Å². The molecule has 0 atom stereocenters. The van der Waals surface area contributed by atoms with Crippen molar-refractivity contribution in [2.24, 2.45) is 4.99 Å². The number of rotatable bonds is 3. The predicted molar refractivity (Wildman–Crippen MR) is 67.5 cm³/mol. The van der Waals surface area contributed by atoms with E-state index in [4.69, 9.17) is 5.73 Å². The summed E-state index contributed by atoms with van der Waals surface area (Å²) >= 11 is 3.33. The Morgan fingerprint density at radius 3 is 2.93 bits per heavy atom. The molecule has 1 heterocycles. The fraction of sp³-hybridized carbons (Fsp3) is 0.400. The number of nitrogens with two attached hydrogens (primary N) is 1. The van der Waals surface area contributed by atoms with Crippen molar-refractivity contribution in [1.29, 1.82) is 0 Å². The Balaban J connectivity index is 2.95. The highest BCUT2D eigenvalue weighted by Crippen LogP contribution is 2.25. The van der Waals surface area contributed by atoms with Gasteiger partial charge in [-0.1, -0.05) is 0 Å². The first kappa shape index (κ1) is 12.0. The molecule has 1 rings (SSSR count). The summed E-state index contributed by atoms with van der Waals surface area (Å²) in [5.74, 6) is 0.496. The molecule has 2 N–H and O–H groups in total. The second kappa shape index (κ2) is 5.11. The summed E-state index contributed by atoms with van der Waals surface area (Å²) < 4.78 is 0.777. The summed E-state index contributed by atoms with van der Waals surface area (Å²) in [7, 11) is 1.97. The highest BCUT2D eigenvalue weighted by atomic mass is 79.9. The van der Waals surface area contributed by atoms with Crippen LogP contribution in [0.4, 0.5) is 11.5 Å². The predicted octanol–water partition coefficient (Wildman–Crippen LogP) is 2.35. The maximum absolute atomic E-state index is 5.65. The normalized spacial score (nSPS) is 10.9. The van der Waals surface area contributed by atoms with Gasteiger partial charge >= 0.3 is 0 Å². The third-order valence-electron chi connectivity index (χ3n) is 2.06. The molecule has 0 aliphatic heterocycles. The summed E-state index contributed by atoms with van der Waals surface area (Å²) in [6.45, 7) is 4.88. The molecule has 1 aromatic heterocycles. The van der Waals surface area contributed by atoms with Gasteiger partial charge in [0, 0.05) is 13.6 Å². The van der Waals surface area contributed by atoms with E-state index >= 15 is 0 Å². The van der Waals surface area contributed by atoms with Crippen molar-refractivity contribution in [3.05, 3.63) is 16.2 Å². The van der Waals surface area contributed by atoms with Crippen LogP contribution in [0.25, 0.3) is 0 Å². The Morgan fingerprint density at radius 1 is 1.67 bits per heavy atom. The van der Waals surface area contributed by atoms with E-state index in [-0.39, 0.29) is 0 Å². The van der Waals surface area contributed by atoms with E-state index in [2.05, 4.69) is 32.8 Å². The lowest BCUT2D eigenvalue weighted by atomic mass is 10.3. The molecule has 82 valence electrons. The van der Waals surface area contributed by atoms with Crippen LogP contribution in [0, 0.1) is 6.92 Å². The molecule has 0 radical (unpaired) electrons. The monoisotopic (exact) mass is 270 g/mol. The van der Waals surface area contributed by atoms with Crippen LogP contribution in [0.5, 0.6) is 0 Å². The van der Waals surface area contributed by atoms with Gasteiger partial charge in [-0.05, 0) is 35.8 Å². The lowest BCUT2D eigenvalue weighted by Gasteiger charge is -2.09. The maximum atomic E-state index is 5.65. The lowest BCUT2D eigenvalue weighted by molar-refractivity contribution is 0.552. The number of hydrogen-bond donors (Lipinski definition) is 1. The van der Waals surface area contributed by atoms with Gasteiger partial charge in [0.25, 0.3) is 0 Å². The zero-order valence-corrected chi connectivity index (χ0v) is 10.7. The second-order valence-corrected chi connectivity index (χ2v) is 4.13. The van der Waals surface area contributed by atoms with E-state index in [0.29, 0.717) is 5.82 Å². The highest BCUT2D eigenvalue weighted by Gasteiger charge is 2.03. The summed E-state index contributed by atoms with van der Waals surface area (Å²) in [4.78, 5) is 10.5. The van der Waals surface area contributed by atoms with E-state index < -0.39 is 0 Å². The van der Waals surface area contributed by atoms with Crippen LogP contribution in [0.2, 0.25) is 0 Å². The van der Waals surface area contributed by atoms with E-state index in [9.17, 15) is 0 Å². The second-order valence-electron chi connectivity index (χ2n) is 3.28. The number of aromatic nitrogens is 1. The van der Waals surface area contributed by atoms with Crippen molar-refractivity contribution >= 4 is 33.8 Å². The number of nitrogen functional groups attached to an aromatic ring is 1. The molecule has 0 bridgehead atoms. The molecule has 0 spiro atoms. The Hall–Kier alpha value is -1.10. The summed E-state index contributed by atoms with van der Waals surface area (Å²) in [6, 6.07) is 1.87. The maximum Gasteiger partial charge on any atom is 0.138 e. The number of anilines is 1. The van der Waals surface area contributed by atoms with Crippen molar-refractivity contribution < 1.29 is 0 Å². The van der Waals surface area contributed by atoms with E-state index in [0.717, 1.165) is 22.4 Å². The molecular weight excluding hydrogens is 256 g/mol. The lowest BCUT2D eigenvalue weighted by Crippen LogP contribution is -2.14. The minimum absolute atomic E-state index is 0.496. The molecule has 1 aromatic rings. The SMILES string of the molecule is CCN(C)/C=N/c1cc(Br)c(N)nc1C. The highest BCUT2D eigenvalue weighted by molar-refractivity contribution is 9.10. The van der Waals surface area contributed by atoms with Crippen LogP contribution in [0.15, 0.2) is 15.5 Å². The zero-order valence-electron chi connectivity index (χ0n) is 9.16. The average molecular weight is 271 g/mol. The Morgan fingerprint density at radius 2 is 2.33 bits per heavy atom. The van der Waals surface area contributed by atoms with Crippen LogP contribution >= 0.6 is 15.9 Å². The van der Waals surface area contributed by atoms with Crippen LogP contribution < -0.4 is 5.73 Å². The first-order chi connectivity index (χ1) is 7.04. The van der Waals surface area contributed by atoms with E-state index in [1.165, 1.54) is 0 Å². The topological polar surface area (TPSA) is 54.5 Å². The van der Waals surface area contributed by atoms with Gasteiger partial charge in [0.1, 0.15) is 5.82 Å². The first-order valence-electron chi connectivity index (χ1n) is 4.71. The third kappa shape index (κ3) is 3.20. The van der Waals surface area contributed by atoms with Crippen molar-refractivity contribution in [2.45, 2.75) is 13.8 Å². The van der Waals surface area contributed by atoms with E-state index in [1.54, 1.807) is 6.34 Å². The zero-order chi connectivity index (χ0) is 11.4. The molecule has 0 aromatic carbocycles. The number of hydrogen-bond acceptors (Lipinski definition) is 3. The van der Waals surface area contributed by atoms with Gasteiger partial charge < -0.3 is 10.6 Å². The standard InChI is InChI=1S/C10H15BrN4/c1-4-15(3)6-13-9-5-8(11)10(12)14-7(9)2/h5-6H,4H2,1-3H3,(H2,12,14)/b13-6+. The Labute approximate surface area is 98.3 Å². The van der Waals surface area contributed by atoms with E-state index in [1.807, 2.05) is 24.9 Å². The quantitative estimate of drug-likeness (QED) is 0.678. The number of halogens is 1. The number of nitrogens with zero attached hydrogens (tertiary/aromatic N) is 3. The summed E-state index contributed by atoms with van der Waals surface area (Å²) in [6.07, 6.45) is 1.78.